The maximum Gasteiger partial charge on any atom is 0.322 e. The number of benzene rings is 1. The summed E-state index contributed by atoms with van der Waals surface area (Å²) in [5.41, 5.74) is 0.770. The van der Waals surface area contributed by atoms with Crippen molar-refractivity contribution in [2.45, 2.75) is 21.9 Å². The molecule has 4 rings (SSSR count). The van der Waals surface area contributed by atoms with Crippen molar-refractivity contribution in [3.63, 3.8) is 0 Å². The number of anilines is 1. The largest absolute Gasteiger partial charge is 0.403 e. The minimum atomic E-state index is -3.59. The van der Waals surface area contributed by atoms with E-state index in [-0.39, 0.29) is 35.1 Å². The molecule has 0 unspecified atom stereocenters. The van der Waals surface area contributed by atoms with Gasteiger partial charge in [0.05, 0.1) is 4.34 Å². The van der Waals surface area contributed by atoms with Crippen molar-refractivity contribution in [2.24, 2.45) is 5.92 Å². The zero-order valence-corrected chi connectivity index (χ0v) is 19.7. The van der Waals surface area contributed by atoms with Gasteiger partial charge in [0, 0.05) is 29.5 Å². The number of piperidine rings is 1. The van der Waals surface area contributed by atoms with Crippen molar-refractivity contribution in [3.8, 4) is 11.5 Å². The van der Waals surface area contributed by atoms with Gasteiger partial charge in [-0.15, -0.1) is 28.2 Å². The first kappa shape index (κ1) is 22.3. The van der Waals surface area contributed by atoms with Gasteiger partial charge in [0.25, 0.3) is 10.0 Å². The fourth-order valence-electron chi connectivity index (χ4n) is 3.28. The first-order chi connectivity index (χ1) is 14.9. The lowest BCUT2D eigenvalue weighted by atomic mass is 9.97. The molecule has 0 bridgehead atoms. The van der Waals surface area contributed by atoms with E-state index in [0.29, 0.717) is 23.1 Å². The molecule has 1 amide bonds. The third kappa shape index (κ3) is 4.96. The van der Waals surface area contributed by atoms with Crippen LogP contribution in [-0.2, 0) is 14.8 Å². The second-order valence-corrected chi connectivity index (χ2v) is 11.6. The second kappa shape index (κ2) is 9.29. The molecular weight excluding hydrogens is 480 g/mol. The lowest BCUT2D eigenvalue weighted by molar-refractivity contribution is -0.121. The van der Waals surface area contributed by atoms with E-state index in [1.54, 1.807) is 17.8 Å². The summed E-state index contributed by atoms with van der Waals surface area (Å²) in [6, 6.07) is 10.8. The quantitative estimate of drug-likeness (QED) is 0.507. The van der Waals surface area contributed by atoms with Crippen LogP contribution in [0.5, 0.6) is 0 Å². The Morgan fingerprint density at radius 3 is 2.71 bits per heavy atom. The van der Waals surface area contributed by atoms with Crippen LogP contribution >= 0.6 is 34.7 Å². The fourth-order valence-corrected chi connectivity index (χ4v) is 6.84. The summed E-state index contributed by atoms with van der Waals surface area (Å²) in [5, 5.41) is 10.6. The topological polar surface area (TPSA) is 105 Å². The SMILES string of the molecule is CSc1cccc(-c2nnc(NC(=O)C3CCN(S(=O)(=O)c4ccc(Cl)s4)CC3)o2)c1. The number of carbonyl (C=O) groups excluding carboxylic acids is 1. The van der Waals surface area contributed by atoms with Gasteiger partial charge in [-0.2, -0.15) is 4.31 Å². The van der Waals surface area contributed by atoms with Crippen LogP contribution in [0.3, 0.4) is 0 Å². The van der Waals surface area contributed by atoms with E-state index >= 15 is 0 Å². The highest BCUT2D eigenvalue weighted by molar-refractivity contribution is 7.98. The highest BCUT2D eigenvalue weighted by atomic mass is 35.5. The molecule has 0 aliphatic carbocycles. The monoisotopic (exact) mass is 498 g/mol. The van der Waals surface area contributed by atoms with Gasteiger partial charge < -0.3 is 4.42 Å². The molecule has 12 heteroatoms. The van der Waals surface area contributed by atoms with Crippen LogP contribution in [0.1, 0.15) is 12.8 Å². The van der Waals surface area contributed by atoms with Gasteiger partial charge in [-0.3, -0.25) is 10.1 Å². The van der Waals surface area contributed by atoms with Crippen LogP contribution < -0.4 is 5.32 Å². The zero-order chi connectivity index (χ0) is 22.0. The third-order valence-electron chi connectivity index (χ3n) is 4.94. The number of amides is 1. The number of hydrogen-bond donors (Lipinski definition) is 1. The minimum Gasteiger partial charge on any atom is -0.403 e. The molecule has 3 heterocycles. The molecule has 1 fully saturated rings. The number of rotatable bonds is 6. The standard InChI is InChI=1S/C19H19ClN4O4S3/c1-29-14-4-2-3-13(11-14)18-22-23-19(28-18)21-17(25)12-7-9-24(10-8-12)31(26,27)16-6-5-15(20)30-16/h2-6,11-12H,7-10H2,1H3,(H,21,23,25). The first-order valence-electron chi connectivity index (χ1n) is 9.41. The number of nitrogens with one attached hydrogen (secondary N) is 1. The summed E-state index contributed by atoms with van der Waals surface area (Å²) in [7, 11) is -3.59. The van der Waals surface area contributed by atoms with E-state index in [1.807, 2.05) is 30.5 Å². The van der Waals surface area contributed by atoms with E-state index in [2.05, 4.69) is 15.5 Å². The number of nitrogens with zero attached hydrogens (tertiary/aromatic N) is 3. The van der Waals surface area contributed by atoms with Crippen LogP contribution in [0.15, 0.2) is 49.9 Å². The third-order valence-corrected chi connectivity index (χ3v) is 9.26. The Kier molecular flexibility index (Phi) is 6.68. The molecule has 164 valence electrons. The maximum absolute atomic E-state index is 12.7. The number of thiophene rings is 1. The summed E-state index contributed by atoms with van der Waals surface area (Å²) >= 11 is 8.50. The number of carbonyl (C=O) groups is 1. The van der Waals surface area contributed by atoms with Gasteiger partial charge >= 0.3 is 6.01 Å². The average molecular weight is 499 g/mol. The number of hydrogen-bond acceptors (Lipinski definition) is 8. The Morgan fingerprint density at radius 2 is 2.03 bits per heavy atom. The van der Waals surface area contributed by atoms with Crippen LogP contribution in [-0.4, -0.2) is 48.2 Å². The zero-order valence-electron chi connectivity index (χ0n) is 16.4. The first-order valence-corrected chi connectivity index (χ1v) is 13.3. The Bertz CT molecular complexity index is 1190. The minimum absolute atomic E-state index is 0.0258. The summed E-state index contributed by atoms with van der Waals surface area (Å²) in [4.78, 5) is 13.7. The van der Waals surface area contributed by atoms with Gasteiger partial charge in [0.15, 0.2) is 0 Å². The molecule has 1 aliphatic rings. The molecule has 3 aromatic rings. The summed E-state index contributed by atoms with van der Waals surface area (Å²) in [6.45, 7) is 0.513. The molecule has 0 spiro atoms. The molecule has 0 radical (unpaired) electrons. The van der Waals surface area contributed by atoms with Gasteiger partial charge in [-0.05, 0) is 49.4 Å². The van der Waals surface area contributed by atoms with E-state index < -0.39 is 10.0 Å². The van der Waals surface area contributed by atoms with Crippen molar-refractivity contribution in [1.29, 1.82) is 0 Å². The number of sulfonamides is 1. The van der Waals surface area contributed by atoms with Crippen molar-refractivity contribution in [2.75, 3.05) is 24.7 Å². The highest BCUT2D eigenvalue weighted by Gasteiger charge is 2.33. The smallest absolute Gasteiger partial charge is 0.322 e. The van der Waals surface area contributed by atoms with Crippen LogP contribution in [0.2, 0.25) is 4.34 Å². The molecule has 2 aromatic heterocycles. The van der Waals surface area contributed by atoms with E-state index in [4.69, 9.17) is 16.0 Å². The number of aromatic nitrogens is 2. The summed E-state index contributed by atoms with van der Waals surface area (Å²) < 4.78 is 33.0. The fraction of sp³-hybridized carbons (Fsp3) is 0.316. The molecule has 31 heavy (non-hydrogen) atoms. The van der Waals surface area contributed by atoms with E-state index in [1.165, 1.54) is 10.4 Å². The lowest BCUT2D eigenvalue weighted by Gasteiger charge is -2.29. The van der Waals surface area contributed by atoms with Crippen LogP contribution in [0, 0.1) is 5.92 Å². The predicted octanol–water partition coefficient (Wildman–Crippen LogP) is 4.21. The molecule has 8 nitrogen and oxygen atoms in total. The van der Waals surface area contributed by atoms with Gasteiger partial charge in [-0.25, -0.2) is 8.42 Å². The molecule has 0 atom stereocenters. The highest BCUT2D eigenvalue weighted by Crippen LogP contribution is 2.31. The predicted molar refractivity (Wildman–Crippen MR) is 121 cm³/mol. The van der Waals surface area contributed by atoms with Gasteiger partial charge in [0.1, 0.15) is 4.21 Å². The van der Waals surface area contributed by atoms with E-state index in [0.717, 1.165) is 21.8 Å². The maximum atomic E-state index is 12.7. The van der Waals surface area contributed by atoms with Crippen molar-refractivity contribution in [1.82, 2.24) is 14.5 Å². The second-order valence-electron chi connectivity index (χ2n) is 6.87. The van der Waals surface area contributed by atoms with Gasteiger partial charge in [0.2, 0.25) is 11.8 Å². The molecule has 1 N–H and O–H groups in total. The van der Waals surface area contributed by atoms with Crippen molar-refractivity contribution < 1.29 is 17.6 Å². The number of halogens is 1. The summed E-state index contributed by atoms with van der Waals surface area (Å²) in [5.74, 6) is -0.278. The van der Waals surface area contributed by atoms with Crippen molar-refractivity contribution >= 4 is 56.6 Å². The molecule has 1 aromatic carbocycles. The Balaban J connectivity index is 1.36. The molecule has 1 saturated heterocycles. The average Bonchev–Trinajstić information content (AvgIpc) is 3.43. The Labute approximate surface area is 193 Å². The molecule has 0 saturated carbocycles. The normalized spacial score (nSPS) is 15.8. The number of thioether (sulfide) groups is 1. The van der Waals surface area contributed by atoms with E-state index in [9.17, 15) is 13.2 Å². The molecule has 1 aliphatic heterocycles. The van der Waals surface area contributed by atoms with Crippen LogP contribution in [0.4, 0.5) is 6.01 Å². The summed E-state index contributed by atoms with van der Waals surface area (Å²) in [6.07, 6.45) is 2.78. The van der Waals surface area contributed by atoms with Crippen molar-refractivity contribution in [3.05, 3.63) is 40.7 Å². The van der Waals surface area contributed by atoms with Crippen LogP contribution in [0.25, 0.3) is 11.5 Å². The van der Waals surface area contributed by atoms with Gasteiger partial charge in [-0.1, -0.05) is 22.8 Å². The lowest BCUT2D eigenvalue weighted by Crippen LogP contribution is -2.41. The Morgan fingerprint density at radius 1 is 1.26 bits per heavy atom. The Hall–Kier alpha value is -1.92. The molecular formula is C19H19ClN4O4S3.